The molecule has 5 heteroatoms. The van der Waals surface area contributed by atoms with Crippen LogP contribution in [0.3, 0.4) is 0 Å². The van der Waals surface area contributed by atoms with Crippen LogP contribution in [0.1, 0.15) is 44.1 Å². The van der Waals surface area contributed by atoms with Crippen molar-refractivity contribution in [3.05, 3.63) is 29.6 Å². The van der Waals surface area contributed by atoms with Gasteiger partial charge in [0, 0.05) is 36.9 Å². The Bertz CT molecular complexity index is 675. The third-order valence-electron chi connectivity index (χ3n) is 5.62. The Hall–Kier alpha value is -1.91. The maximum atomic E-state index is 13.4. The van der Waals surface area contributed by atoms with Gasteiger partial charge in [-0.25, -0.2) is 4.39 Å². The van der Waals surface area contributed by atoms with Crippen LogP contribution < -0.4 is 4.74 Å². The molecule has 3 aliphatic rings. The number of benzene rings is 1. The lowest BCUT2D eigenvalue weighted by Gasteiger charge is -2.34. The minimum Gasteiger partial charge on any atom is -0.480 e. The van der Waals surface area contributed by atoms with Gasteiger partial charge in [0.15, 0.2) is 6.10 Å². The second-order valence-corrected chi connectivity index (χ2v) is 7.12. The summed E-state index contributed by atoms with van der Waals surface area (Å²) in [6.07, 6.45) is 5.25. The molecule has 0 unspecified atom stereocenters. The Morgan fingerprint density at radius 1 is 1.21 bits per heavy atom. The summed E-state index contributed by atoms with van der Waals surface area (Å²) in [5.74, 6) is 0.541. The Labute approximate surface area is 141 Å². The molecular formula is C19H22FNO3. The molecule has 1 aromatic rings. The molecule has 1 amide bonds. The molecule has 0 spiro atoms. The van der Waals surface area contributed by atoms with Gasteiger partial charge >= 0.3 is 0 Å². The molecule has 0 N–H and O–H groups in total. The predicted molar refractivity (Wildman–Crippen MR) is 86.2 cm³/mol. The first-order chi connectivity index (χ1) is 11.6. The highest BCUT2D eigenvalue weighted by Gasteiger charge is 2.42. The second-order valence-electron chi connectivity index (χ2n) is 7.12. The van der Waals surface area contributed by atoms with E-state index in [4.69, 9.17) is 4.74 Å². The van der Waals surface area contributed by atoms with Crippen molar-refractivity contribution in [1.82, 2.24) is 4.90 Å². The van der Waals surface area contributed by atoms with Gasteiger partial charge in [-0.2, -0.15) is 0 Å². The number of rotatable bonds is 2. The van der Waals surface area contributed by atoms with Gasteiger partial charge in [0.2, 0.25) is 0 Å². The zero-order valence-electron chi connectivity index (χ0n) is 13.7. The summed E-state index contributed by atoms with van der Waals surface area (Å²) in [7, 11) is 0. The number of hydrogen-bond donors (Lipinski definition) is 0. The molecule has 1 saturated heterocycles. The molecule has 4 nitrogen and oxygen atoms in total. The number of halogens is 1. The highest BCUT2D eigenvalue weighted by Crippen LogP contribution is 2.35. The van der Waals surface area contributed by atoms with Crippen molar-refractivity contribution >= 4 is 11.7 Å². The Balaban J connectivity index is 1.49. The normalized spacial score (nSPS) is 29.5. The fourth-order valence-electron chi connectivity index (χ4n) is 4.44. The van der Waals surface area contributed by atoms with Gasteiger partial charge in [0.05, 0.1) is 0 Å². The van der Waals surface area contributed by atoms with Gasteiger partial charge in [-0.05, 0) is 43.9 Å². The van der Waals surface area contributed by atoms with E-state index in [9.17, 15) is 14.0 Å². The fourth-order valence-corrected chi connectivity index (χ4v) is 4.44. The van der Waals surface area contributed by atoms with Crippen LogP contribution in [0.5, 0.6) is 5.75 Å². The molecule has 0 aromatic heterocycles. The molecule has 2 fully saturated rings. The minimum absolute atomic E-state index is 0.00794. The van der Waals surface area contributed by atoms with E-state index >= 15 is 0 Å². The predicted octanol–water partition coefficient (Wildman–Crippen LogP) is 2.88. The molecule has 24 heavy (non-hydrogen) atoms. The van der Waals surface area contributed by atoms with Gasteiger partial charge in [0.1, 0.15) is 17.3 Å². The topological polar surface area (TPSA) is 46.6 Å². The molecular weight excluding hydrogens is 309 g/mol. The largest absolute Gasteiger partial charge is 0.480 e. The molecule has 0 radical (unpaired) electrons. The number of carbonyl (C=O) groups excluding carboxylic acids is 2. The third-order valence-corrected chi connectivity index (χ3v) is 5.62. The summed E-state index contributed by atoms with van der Waals surface area (Å²) in [4.78, 5) is 27.1. The van der Waals surface area contributed by atoms with Crippen molar-refractivity contribution in [2.45, 2.75) is 57.1 Å². The van der Waals surface area contributed by atoms with Crippen LogP contribution in [-0.4, -0.2) is 35.3 Å². The number of carbonyl (C=O) groups is 2. The highest BCUT2D eigenvalue weighted by atomic mass is 19.1. The monoisotopic (exact) mass is 331 g/mol. The van der Waals surface area contributed by atoms with Crippen molar-refractivity contribution in [2.24, 2.45) is 5.92 Å². The number of ether oxygens (including phenoxy) is 1. The molecule has 1 saturated carbocycles. The lowest BCUT2D eigenvalue weighted by molar-refractivity contribution is -0.141. The van der Waals surface area contributed by atoms with E-state index in [2.05, 4.69) is 0 Å². The van der Waals surface area contributed by atoms with Crippen molar-refractivity contribution in [3.8, 4) is 5.75 Å². The quantitative estimate of drug-likeness (QED) is 0.837. The maximum Gasteiger partial charge on any atom is 0.264 e. The van der Waals surface area contributed by atoms with Crippen LogP contribution in [0, 0.1) is 11.7 Å². The van der Waals surface area contributed by atoms with E-state index < -0.39 is 6.10 Å². The van der Waals surface area contributed by atoms with Crippen LogP contribution in [0.15, 0.2) is 18.2 Å². The molecule has 4 rings (SSSR count). The third kappa shape index (κ3) is 2.70. The highest BCUT2D eigenvalue weighted by molar-refractivity contribution is 5.86. The zero-order valence-corrected chi connectivity index (χ0v) is 13.7. The molecule has 3 atom stereocenters. The van der Waals surface area contributed by atoms with Gasteiger partial charge in [0.25, 0.3) is 5.91 Å². The van der Waals surface area contributed by atoms with Gasteiger partial charge in [-0.1, -0.05) is 6.42 Å². The summed E-state index contributed by atoms with van der Waals surface area (Å²) in [6.45, 7) is 0.692. The van der Waals surface area contributed by atoms with Gasteiger partial charge < -0.3 is 9.64 Å². The molecule has 0 bridgehead atoms. The average Bonchev–Trinajstić information content (AvgIpc) is 3.20. The van der Waals surface area contributed by atoms with Crippen LogP contribution in [-0.2, 0) is 16.0 Å². The maximum absolute atomic E-state index is 13.4. The zero-order chi connectivity index (χ0) is 16.7. The lowest BCUT2D eigenvalue weighted by Crippen LogP contribution is -2.48. The number of nitrogens with zero attached hydrogens (tertiary/aromatic N) is 1. The fraction of sp³-hybridized carbons (Fsp3) is 0.579. The summed E-state index contributed by atoms with van der Waals surface area (Å²) in [6, 6.07) is 4.40. The molecule has 128 valence electrons. The standard InChI is InChI=1S/C19H22FNO3/c20-13-7-8-17-12(10-13)11-18(24-17)19(23)21-9-3-5-15(21)14-4-1-2-6-16(14)22/h7-8,10,14-15,18H,1-6,9,11H2/t14-,15+,18-/m1/s1. The lowest BCUT2D eigenvalue weighted by atomic mass is 9.81. The first-order valence-electron chi connectivity index (χ1n) is 8.92. The first-order valence-corrected chi connectivity index (χ1v) is 8.92. The summed E-state index contributed by atoms with van der Waals surface area (Å²) >= 11 is 0. The molecule has 2 heterocycles. The van der Waals surface area contributed by atoms with Crippen LogP contribution in [0.4, 0.5) is 4.39 Å². The van der Waals surface area contributed by atoms with Crippen molar-refractivity contribution in [1.29, 1.82) is 0 Å². The van der Waals surface area contributed by atoms with Crippen LogP contribution in [0.25, 0.3) is 0 Å². The van der Waals surface area contributed by atoms with E-state index in [0.717, 1.165) is 37.7 Å². The van der Waals surface area contributed by atoms with Crippen molar-refractivity contribution in [3.63, 3.8) is 0 Å². The summed E-state index contributed by atoms with van der Waals surface area (Å²) in [5.41, 5.74) is 0.748. The van der Waals surface area contributed by atoms with E-state index in [-0.39, 0.29) is 23.7 Å². The van der Waals surface area contributed by atoms with E-state index in [1.165, 1.54) is 12.1 Å². The number of Topliss-reactive ketones (excluding diaryl/α,β-unsaturated/α-hetero) is 1. The number of amides is 1. The minimum atomic E-state index is -0.582. The van der Waals surface area contributed by atoms with Gasteiger partial charge in [-0.15, -0.1) is 0 Å². The molecule has 2 aliphatic heterocycles. The second kappa shape index (κ2) is 6.19. The van der Waals surface area contributed by atoms with E-state index in [0.29, 0.717) is 30.9 Å². The number of hydrogen-bond acceptors (Lipinski definition) is 3. The first kappa shape index (κ1) is 15.6. The number of likely N-dealkylation sites (tertiary alicyclic amines) is 1. The van der Waals surface area contributed by atoms with Crippen molar-refractivity contribution < 1.29 is 18.7 Å². The van der Waals surface area contributed by atoms with E-state index in [1.807, 2.05) is 4.90 Å². The summed E-state index contributed by atoms with van der Waals surface area (Å²) < 4.78 is 19.1. The van der Waals surface area contributed by atoms with Crippen LogP contribution >= 0.6 is 0 Å². The SMILES string of the molecule is O=C1CCCC[C@@H]1[C@@H]1CCCN1C(=O)[C@H]1Cc2cc(F)ccc2O1. The Morgan fingerprint density at radius 3 is 2.92 bits per heavy atom. The smallest absolute Gasteiger partial charge is 0.264 e. The average molecular weight is 331 g/mol. The van der Waals surface area contributed by atoms with E-state index in [1.54, 1.807) is 6.07 Å². The summed E-state index contributed by atoms with van der Waals surface area (Å²) in [5, 5.41) is 0. The van der Waals surface area contributed by atoms with Gasteiger partial charge in [-0.3, -0.25) is 9.59 Å². The van der Waals surface area contributed by atoms with Crippen molar-refractivity contribution in [2.75, 3.05) is 6.54 Å². The number of fused-ring (bicyclic) bond motifs is 1. The van der Waals surface area contributed by atoms with Crippen LogP contribution in [0.2, 0.25) is 0 Å². The molecule has 1 aromatic carbocycles. The Kier molecular flexibility index (Phi) is 4.02. The number of ketones is 1. The molecule has 1 aliphatic carbocycles. The Morgan fingerprint density at radius 2 is 2.08 bits per heavy atom.